The smallest absolute Gasteiger partial charge is 0.418 e. The molecule has 0 spiro atoms. The van der Waals surface area contributed by atoms with Crippen molar-refractivity contribution < 1.29 is 27.2 Å². The van der Waals surface area contributed by atoms with Crippen LogP contribution in [0.4, 0.5) is 18.9 Å². The number of nitrogens with one attached hydrogen (secondary N) is 1. The van der Waals surface area contributed by atoms with Crippen LogP contribution in [0.1, 0.15) is 17.1 Å². The van der Waals surface area contributed by atoms with E-state index in [0.717, 1.165) is 11.8 Å². The first kappa shape index (κ1) is 21.5. The maximum absolute atomic E-state index is 13.0. The minimum absolute atomic E-state index is 0.0650. The van der Waals surface area contributed by atoms with Gasteiger partial charge >= 0.3 is 6.18 Å². The van der Waals surface area contributed by atoms with Gasteiger partial charge in [0.1, 0.15) is 11.5 Å². The number of carbonyl (C=O) groups excluding carboxylic acids is 2. The Morgan fingerprint density at radius 1 is 1.07 bits per heavy atom. The molecule has 9 heteroatoms. The molecule has 1 aromatic carbocycles. The number of aryl methyl sites for hydroxylation is 1. The zero-order valence-electron chi connectivity index (χ0n) is 15.8. The maximum Gasteiger partial charge on any atom is 0.418 e. The van der Waals surface area contributed by atoms with Crippen molar-refractivity contribution in [1.82, 2.24) is 9.80 Å². The Balaban J connectivity index is 1.88. The molecule has 0 radical (unpaired) electrons. The van der Waals surface area contributed by atoms with Crippen molar-refractivity contribution in [2.24, 2.45) is 0 Å². The van der Waals surface area contributed by atoms with Crippen molar-refractivity contribution in [1.29, 1.82) is 0 Å². The average molecular weight is 397 g/mol. The molecule has 0 saturated heterocycles. The summed E-state index contributed by atoms with van der Waals surface area (Å²) in [5, 5.41) is 2.25. The van der Waals surface area contributed by atoms with E-state index in [0.29, 0.717) is 5.76 Å². The van der Waals surface area contributed by atoms with E-state index in [4.69, 9.17) is 4.42 Å². The van der Waals surface area contributed by atoms with Gasteiger partial charge in [-0.2, -0.15) is 13.2 Å². The molecule has 0 atom stereocenters. The Kier molecular flexibility index (Phi) is 6.85. The van der Waals surface area contributed by atoms with Crippen molar-refractivity contribution in [3.05, 3.63) is 53.5 Å². The normalized spacial score (nSPS) is 11.5. The van der Waals surface area contributed by atoms with E-state index in [2.05, 4.69) is 5.32 Å². The van der Waals surface area contributed by atoms with Gasteiger partial charge in [-0.25, -0.2) is 0 Å². The lowest BCUT2D eigenvalue weighted by molar-refractivity contribution is -0.137. The predicted octanol–water partition coefficient (Wildman–Crippen LogP) is 3.14. The van der Waals surface area contributed by atoms with Crippen LogP contribution in [0.3, 0.4) is 0 Å². The second kappa shape index (κ2) is 8.92. The molecule has 0 aliphatic carbocycles. The van der Waals surface area contributed by atoms with Crippen LogP contribution in [0.25, 0.3) is 0 Å². The van der Waals surface area contributed by atoms with Gasteiger partial charge in [-0.1, -0.05) is 12.1 Å². The first-order valence-corrected chi connectivity index (χ1v) is 8.50. The van der Waals surface area contributed by atoms with Gasteiger partial charge in [0.05, 0.1) is 30.9 Å². The van der Waals surface area contributed by atoms with Gasteiger partial charge in [0.15, 0.2) is 0 Å². The van der Waals surface area contributed by atoms with E-state index in [9.17, 15) is 22.8 Å². The highest BCUT2D eigenvalue weighted by Crippen LogP contribution is 2.34. The third kappa shape index (κ3) is 6.12. The van der Waals surface area contributed by atoms with Gasteiger partial charge < -0.3 is 14.6 Å². The highest BCUT2D eigenvalue weighted by atomic mass is 19.4. The number of furan rings is 1. The fraction of sp³-hybridized carbons (Fsp3) is 0.368. The maximum atomic E-state index is 13.0. The number of hydrogen-bond donors (Lipinski definition) is 1. The van der Waals surface area contributed by atoms with Crippen molar-refractivity contribution in [2.45, 2.75) is 19.6 Å². The molecular weight excluding hydrogens is 375 g/mol. The van der Waals surface area contributed by atoms with Gasteiger partial charge in [-0.3, -0.25) is 14.5 Å². The summed E-state index contributed by atoms with van der Waals surface area (Å²) in [5.41, 5.74) is -1.24. The molecule has 2 rings (SSSR count). The third-order valence-electron chi connectivity index (χ3n) is 3.94. The number of anilines is 1. The summed E-state index contributed by atoms with van der Waals surface area (Å²) in [6.07, 6.45) is -4.57. The van der Waals surface area contributed by atoms with Crippen LogP contribution >= 0.6 is 0 Å². The van der Waals surface area contributed by atoms with Crippen LogP contribution in [0.2, 0.25) is 0 Å². The van der Waals surface area contributed by atoms with E-state index in [1.54, 1.807) is 26.1 Å². The Labute approximate surface area is 160 Å². The van der Waals surface area contributed by atoms with E-state index in [1.165, 1.54) is 35.0 Å². The number of hydrogen-bond acceptors (Lipinski definition) is 4. The molecule has 0 bridgehead atoms. The van der Waals surface area contributed by atoms with E-state index in [-0.39, 0.29) is 31.2 Å². The summed E-state index contributed by atoms with van der Waals surface area (Å²) in [4.78, 5) is 27.2. The lowest BCUT2D eigenvalue weighted by atomic mass is 10.1. The number of para-hydroxylation sites is 1. The SMILES string of the molecule is Cc1ccc(CN(C)C(=O)CN(C)CC(=O)Nc2ccccc2C(F)(F)F)o1. The molecule has 28 heavy (non-hydrogen) atoms. The predicted molar refractivity (Wildman–Crippen MR) is 97.5 cm³/mol. The minimum Gasteiger partial charge on any atom is -0.464 e. The zero-order valence-corrected chi connectivity index (χ0v) is 15.8. The fourth-order valence-electron chi connectivity index (χ4n) is 2.57. The first-order chi connectivity index (χ1) is 13.1. The molecule has 0 fully saturated rings. The number of halogens is 3. The van der Waals surface area contributed by atoms with Crippen LogP contribution < -0.4 is 5.32 Å². The standard InChI is InChI=1S/C19H22F3N3O3/c1-13-8-9-14(28-13)10-25(3)18(27)12-24(2)11-17(26)23-16-7-5-4-6-15(16)19(20,21)22/h4-9H,10-12H2,1-3H3,(H,23,26). The Hall–Kier alpha value is -2.81. The quantitative estimate of drug-likeness (QED) is 0.780. The molecule has 1 aromatic heterocycles. The molecule has 152 valence electrons. The molecule has 6 nitrogen and oxygen atoms in total. The molecule has 2 amide bonds. The molecule has 0 saturated carbocycles. The van der Waals surface area contributed by atoms with Crippen LogP contribution in [0.15, 0.2) is 40.8 Å². The van der Waals surface area contributed by atoms with Crippen LogP contribution in [-0.4, -0.2) is 48.8 Å². The number of alkyl halides is 3. The van der Waals surface area contributed by atoms with Gasteiger partial charge in [-0.05, 0) is 38.2 Å². The monoisotopic (exact) mass is 397 g/mol. The van der Waals surface area contributed by atoms with Crippen molar-refractivity contribution in [3.8, 4) is 0 Å². The molecular formula is C19H22F3N3O3. The Morgan fingerprint density at radius 3 is 2.36 bits per heavy atom. The third-order valence-corrected chi connectivity index (χ3v) is 3.94. The average Bonchev–Trinajstić information content (AvgIpc) is 2.98. The van der Waals surface area contributed by atoms with E-state index in [1.807, 2.05) is 0 Å². The highest BCUT2D eigenvalue weighted by Gasteiger charge is 2.33. The second-order valence-electron chi connectivity index (χ2n) is 6.53. The summed E-state index contributed by atoms with van der Waals surface area (Å²) in [6, 6.07) is 8.31. The topological polar surface area (TPSA) is 65.8 Å². The highest BCUT2D eigenvalue weighted by molar-refractivity contribution is 5.93. The van der Waals surface area contributed by atoms with Crippen molar-refractivity contribution in [2.75, 3.05) is 32.5 Å². The summed E-state index contributed by atoms with van der Waals surface area (Å²) in [6.45, 7) is 1.79. The first-order valence-electron chi connectivity index (χ1n) is 8.50. The van der Waals surface area contributed by atoms with Gasteiger partial charge in [0.2, 0.25) is 11.8 Å². The summed E-state index contributed by atoms with van der Waals surface area (Å²) in [5.74, 6) is 0.484. The number of amides is 2. The molecule has 0 aliphatic heterocycles. The lowest BCUT2D eigenvalue weighted by Gasteiger charge is -2.21. The molecule has 0 unspecified atom stereocenters. The number of nitrogens with zero attached hydrogens (tertiary/aromatic N) is 2. The molecule has 1 N–H and O–H groups in total. The minimum atomic E-state index is -4.57. The lowest BCUT2D eigenvalue weighted by Crippen LogP contribution is -2.39. The van der Waals surface area contributed by atoms with Crippen LogP contribution in [0.5, 0.6) is 0 Å². The second-order valence-corrected chi connectivity index (χ2v) is 6.53. The van der Waals surface area contributed by atoms with E-state index >= 15 is 0 Å². The number of rotatable bonds is 7. The Morgan fingerprint density at radius 2 is 1.75 bits per heavy atom. The fourth-order valence-corrected chi connectivity index (χ4v) is 2.57. The summed E-state index contributed by atoms with van der Waals surface area (Å²) >= 11 is 0. The van der Waals surface area contributed by atoms with E-state index < -0.39 is 17.6 Å². The zero-order chi connectivity index (χ0) is 20.9. The number of carbonyl (C=O) groups is 2. The van der Waals surface area contributed by atoms with Crippen LogP contribution in [-0.2, 0) is 22.3 Å². The van der Waals surface area contributed by atoms with Crippen molar-refractivity contribution in [3.63, 3.8) is 0 Å². The Bertz CT molecular complexity index is 833. The molecule has 1 heterocycles. The largest absolute Gasteiger partial charge is 0.464 e. The van der Waals surface area contributed by atoms with Crippen LogP contribution in [0, 0.1) is 6.92 Å². The number of likely N-dealkylation sites (N-methyl/N-ethyl adjacent to an activating group) is 2. The van der Waals surface area contributed by atoms with Gasteiger partial charge in [0.25, 0.3) is 0 Å². The summed E-state index contributed by atoms with van der Waals surface area (Å²) < 4.78 is 44.4. The van der Waals surface area contributed by atoms with Gasteiger partial charge in [0, 0.05) is 7.05 Å². The van der Waals surface area contributed by atoms with Crippen molar-refractivity contribution >= 4 is 17.5 Å². The number of benzene rings is 1. The molecule has 2 aromatic rings. The molecule has 0 aliphatic rings. The summed E-state index contributed by atoms with van der Waals surface area (Å²) in [7, 11) is 3.14. The van der Waals surface area contributed by atoms with Gasteiger partial charge in [-0.15, -0.1) is 0 Å².